The summed E-state index contributed by atoms with van der Waals surface area (Å²) in [7, 11) is 0. The molecule has 0 atom stereocenters. The number of carbonyl (C=O) groups is 1. The van der Waals surface area contributed by atoms with Crippen LogP contribution in [0.3, 0.4) is 0 Å². The number of imidazole rings is 1. The number of H-pyrrole nitrogens is 2. The Balaban J connectivity index is 1.59. The van der Waals surface area contributed by atoms with Gasteiger partial charge in [-0.2, -0.15) is 0 Å². The number of carbonyl (C=O) groups excluding carboxylic acids is 1. The third-order valence-electron chi connectivity index (χ3n) is 4.01. The Hall–Kier alpha value is -2.44. The van der Waals surface area contributed by atoms with Crippen LogP contribution in [0.4, 0.5) is 0 Å². The van der Waals surface area contributed by atoms with Gasteiger partial charge in [0.2, 0.25) is 0 Å². The van der Waals surface area contributed by atoms with Crippen LogP contribution in [-0.2, 0) is 5.54 Å². The van der Waals surface area contributed by atoms with Crippen molar-refractivity contribution < 1.29 is 4.79 Å². The van der Waals surface area contributed by atoms with Gasteiger partial charge >= 0.3 is 0 Å². The summed E-state index contributed by atoms with van der Waals surface area (Å²) in [4.78, 5) is 38.3. The third-order valence-corrected chi connectivity index (χ3v) is 4.01. The van der Waals surface area contributed by atoms with E-state index in [0.29, 0.717) is 11.7 Å². The van der Waals surface area contributed by atoms with E-state index in [9.17, 15) is 9.59 Å². The predicted octanol–water partition coefficient (Wildman–Crippen LogP) is 0.789. The van der Waals surface area contributed by atoms with E-state index < -0.39 is 5.54 Å². The first-order valence-electron chi connectivity index (χ1n) is 7.10. The van der Waals surface area contributed by atoms with Gasteiger partial charge in [0.05, 0.1) is 5.54 Å². The molecule has 7 nitrogen and oxygen atoms in total. The molecule has 0 radical (unpaired) electrons. The monoisotopic (exact) mass is 285 g/mol. The zero-order chi connectivity index (χ0) is 14.4. The molecule has 1 amide bonds. The second kappa shape index (κ2) is 4.28. The fraction of sp³-hybridized carbons (Fsp3) is 0.429. The van der Waals surface area contributed by atoms with Crippen LogP contribution in [0.5, 0.6) is 0 Å². The Morgan fingerprint density at radius 3 is 2.81 bits per heavy atom. The number of aromatic nitrogens is 4. The van der Waals surface area contributed by atoms with Gasteiger partial charge in [0.25, 0.3) is 11.5 Å². The lowest BCUT2D eigenvalue weighted by atomic mass is 10.2. The molecule has 2 aromatic rings. The van der Waals surface area contributed by atoms with Gasteiger partial charge < -0.3 is 15.3 Å². The van der Waals surface area contributed by atoms with Gasteiger partial charge in [-0.25, -0.2) is 9.97 Å². The molecule has 0 bridgehead atoms. The second-order valence-corrected chi connectivity index (χ2v) is 5.76. The number of amides is 1. The normalized spacial score (nSPS) is 19.2. The highest BCUT2D eigenvalue weighted by atomic mass is 16.2. The van der Waals surface area contributed by atoms with Crippen molar-refractivity contribution in [2.45, 2.75) is 37.1 Å². The minimum atomic E-state index is -0.426. The van der Waals surface area contributed by atoms with Crippen molar-refractivity contribution in [2.24, 2.45) is 0 Å². The molecule has 2 aliphatic rings. The van der Waals surface area contributed by atoms with Crippen LogP contribution < -0.4 is 10.9 Å². The largest absolute Gasteiger partial charge is 0.347 e. The van der Waals surface area contributed by atoms with E-state index in [1.165, 1.54) is 6.07 Å². The molecule has 0 aromatic carbocycles. The molecule has 4 rings (SSSR count). The summed E-state index contributed by atoms with van der Waals surface area (Å²) >= 11 is 0. The fourth-order valence-corrected chi connectivity index (χ4v) is 2.50. The molecule has 0 saturated heterocycles. The average Bonchev–Trinajstić information content (AvgIpc) is 3.39. The summed E-state index contributed by atoms with van der Waals surface area (Å²) in [5.74, 6) is 1.35. The van der Waals surface area contributed by atoms with Crippen LogP contribution in [0.25, 0.3) is 0 Å². The van der Waals surface area contributed by atoms with E-state index >= 15 is 0 Å². The quantitative estimate of drug-likeness (QED) is 0.772. The molecule has 0 unspecified atom stereocenters. The number of hydrogen-bond acceptors (Lipinski definition) is 4. The zero-order valence-electron chi connectivity index (χ0n) is 11.3. The molecule has 3 N–H and O–H groups in total. The second-order valence-electron chi connectivity index (χ2n) is 5.76. The topological polar surface area (TPSA) is 104 Å². The van der Waals surface area contributed by atoms with Gasteiger partial charge in [-0.3, -0.25) is 9.59 Å². The molecular weight excluding hydrogens is 270 g/mol. The minimum absolute atomic E-state index is 0.179. The SMILES string of the molecule is O=C(NC1(c2ncc[nH]2)CC1)c1cc(=O)[nH]c(C2CC2)n1. The van der Waals surface area contributed by atoms with Crippen molar-refractivity contribution in [1.29, 1.82) is 0 Å². The lowest BCUT2D eigenvalue weighted by molar-refractivity contribution is 0.0923. The number of hydrogen-bond donors (Lipinski definition) is 3. The van der Waals surface area contributed by atoms with E-state index in [1.54, 1.807) is 12.4 Å². The van der Waals surface area contributed by atoms with Crippen LogP contribution in [0.1, 0.15) is 53.7 Å². The van der Waals surface area contributed by atoms with Gasteiger partial charge in [0.15, 0.2) is 0 Å². The van der Waals surface area contributed by atoms with Crippen LogP contribution >= 0.6 is 0 Å². The maximum Gasteiger partial charge on any atom is 0.270 e. The lowest BCUT2D eigenvalue weighted by Gasteiger charge is -2.14. The lowest BCUT2D eigenvalue weighted by Crippen LogP contribution is -2.37. The van der Waals surface area contributed by atoms with Crippen molar-refractivity contribution in [3.63, 3.8) is 0 Å². The molecule has 2 saturated carbocycles. The average molecular weight is 285 g/mol. The summed E-state index contributed by atoms with van der Waals surface area (Å²) in [6, 6.07) is 1.25. The summed E-state index contributed by atoms with van der Waals surface area (Å²) in [6.45, 7) is 0. The molecule has 2 aliphatic carbocycles. The predicted molar refractivity (Wildman–Crippen MR) is 73.8 cm³/mol. The van der Waals surface area contributed by atoms with Crippen molar-refractivity contribution in [2.75, 3.05) is 0 Å². The molecule has 0 aliphatic heterocycles. The summed E-state index contributed by atoms with van der Waals surface area (Å²) in [5.41, 5.74) is -0.525. The van der Waals surface area contributed by atoms with E-state index in [4.69, 9.17) is 0 Å². The Morgan fingerprint density at radius 1 is 1.38 bits per heavy atom. The van der Waals surface area contributed by atoms with Crippen molar-refractivity contribution in [1.82, 2.24) is 25.3 Å². The Labute approximate surface area is 120 Å². The fourth-order valence-electron chi connectivity index (χ4n) is 2.50. The standard InChI is InChI=1S/C14H15N5O2/c20-10-7-9(17-11(18-10)8-1-2-8)12(21)19-14(3-4-14)13-15-5-6-16-13/h5-8H,1-4H2,(H,15,16)(H,19,21)(H,17,18,20). The summed E-state index contributed by atoms with van der Waals surface area (Å²) in [6.07, 6.45) is 7.11. The van der Waals surface area contributed by atoms with Crippen LogP contribution in [0, 0.1) is 0 Å². The van der Waals surface area contributed by atoms with Gasteiger partial charge in [-0.1, -0.05) is 0 Å². The van der Waals surface area contributed by atoms with Gasteiger partial charge in [-0.05, 0) is 25.7 Å². The highest BCUT2D eigenvalue weighted by Crippen LogP contribution is 2.44. The van der Waals surface area contributed by atoms with Gasteiger partial charge in [0, 0.05) is 24.4 Å². The number of rotatable bonds is 4. The third kappa shape index (κ3) is 2.24. The minimum Gasteiger partial charge on any atom is -0.347 e. The number of aromatic amines is 2. The van der Waals surface area contributed by atoms with E-state index in [1.807, 2.05) is 0 Å². The molecular formula is C14H15N5O2. The van der Waals surface area contributed by atoms with Crippen molar-refractivity contribution in [3.8, 4) is 0 Å². The Morgan fingerprint density at radius 2 is 2.19 bits per heavy atom. The molecule has 2 fully saturated rings. The highest BCUT2D eigenvalue weighted by Gasteiger charge is 2.48. The molecule has 21 heavy (non-hydrogen) atoms. The Kier molecular flexibility index (Phi) is 2.51. The smallest absolute Gasteiger partial charge is 0.270 e. The van der Waals surface area contributed by atoms with Crippen molar-refractivity contribution in [3.05, 3.63) is 46.2 Å². The molecule has 108 valence electrons. The summed E-state index contributed by atoms with van der Waals surface area (Å²) in [5, 5.41) is 2.95. The first-order valence-corrected chi connectivity index (χ1v) is 7.10. The summed E-state index contributed by atoms with van der Waals surface area (Å²) < 4.78 is 0. The molecule has 0 spiro atoms. The maximum absolute atomic E-state index is 12.4. The number of nitrogens with one attached hydrogen (secondary N) is 3. The van der Waals surface area contributed by atoms with E-state index in [-0.39, 0.29) is 17.2 Å². The molecule has 2 aromatic heterocycles. The van der Waals surface area contributed by atoms with Gasteiger partial charge in [0.1, 0.15) is 17.3 Å². The molecule has 2 heterocycles. The van der Waals surface area contributed by atoms with Crippen LogP contribution in [-0.4, -0.2) is 25.8 Å². The van der Waals surface area contributed by atoms with Crippen LogP contribution in [0.15, 0.2) is 23.3 Å². The first kappa shape index (κ1) is 12.3. The zero-order valence-corrected chi connectivity index (χ0v) is 11.3. The van der Waals surface area contributed by atoms with Crippen molar-refractivity contribution >= 4 is 5.91 Å². The first-order chi connectivity index (χ1) is 10.2. The van der Waals surface area contributed by atoms with Crippen LogP contribution in [0.2, 0.25) is 0 Å². The van der Waals surface area contributed by atoms with E-state index in [2.05, 4.69) is 25.3 Å². The maximum atomic E-state index is 12.4. The van der Waals surface area contributed by atoms with Gasteiger partial charge in [-0.15, -0.1) is 0 Å². The van der Waals surface area contributed by atoms with E-state index in [0.717, 1.165) is 31.5 Å². The molecule has 7 heteroatoms. The Bertz CT molecular complexity index is 741. The number of nitrogens with zero attached hydrogens (tertiary/aromatic N) is 2. The highest BCUT2D eigenvalue weighted by molar-refractivity contribution is 5.93.